The first-order valence-corrected chi connectivity index (χ1v) is 10.5. The van der Waals surface area contributed by atoms with E-state index in [2.05, 4.69) is 41.7 Å². The quantitative estimate of drug-likeness (QED) is 0.682. The number of aromatic nitrogens is 1. The number of thiazole rings is 1. The van der Waals surface area contributed by atoms with Gasteiger partial charge in [0.2, 0.25) is 5.91 Å². The van der Waals surface area contributed by atoms with Gasteiger partial charge in [-0.2, -0.15) is 0 Å². The maximum absolute atomic E-state index is 12.4. The molecular weight excluding hydrogens is 372 g/mol. The van der Waals surface area contributed by atoms with Crippen LogP contribution in [0, 0.1) is 11.3 Å². The minimum Gasteiger partial charge on any atom is -0.353 e. The fourth-order valence-electron chi connectivity index (χ4n) is 4.13. The van der Waals surface area contributed by atoms with Crippen molar-refractivity contribution in [2.75, 3.05) is 10.6 Å². The van der Waals surface area contributed by atoms with Crippen LogP contribution in [0.25, 0.3) is 0 Å². The van der Waals surface area contributed by atoms with Crippen molar-refractivity contribution >= 4 is 34.1 Å². The Balaban J connectivity index is 1.48. The van der Waals surface area contributed by atoms with Crippen molar-refractivity contribution < 1.29 is 9.59 Å². The SMILES string of the molecule is CC1CC(NC(=O)Cc2csc(NC(=O)Nc3ccccc3)n2)CC(C)(C)C1. The van der Waals surface area contributed by atoms with Crippen LogP contribution in [0.2, 0.25) is 0 Å². The molecule has 0 radical (unpaired) electrons. The van der Waals surface area contributed by atoms with Crippen molar-refractivity contribution in [1.29, 1.82) is 0 Å². The third-order valence-corrected chi connectivity index (χ3v) is 5.70. The first-order chi connectivity index (χ1) is 13.3. The summed E-state index contributed by atoms with van der Waals surface area (Å²) >= 11 is 1.31. The molecule has 2 unspecified atom stereocenters. The van der Waals surface area contributed by atoms with Crippen LogP contribution in [0.3, 0.4) is 0 Å². The normalized spacial score (nSPS) is 21.0. The van der Waals surface area contributed by atoms with Gasteiger partial charge in [-0.3, -0.25) is 10.1 Å². The number of para-hydroxylation sites is 1. The average Bonchev–Trinajstić information content (AvgIpc) is 3.00. The second kappa shape index (κ2) is 8.73. The van der Waals surface area contributed by atoms with Crippen molar-refractivity contribution in [2.24, 2.45) is 11.3 Å². The maximum Gasteiger partial charge on any atom is 0.325 e. The summed E-state index contributed by atoms with van der Waals surface area (Å²) in [5.41, 5.74) is 1.64. The maximum atomic E-state index is 12.4. The number of hydrogen-bond donors (Lipinski definition) is 3. The summed E-state index contributed by atoms with van der Waals surface area (Å²) in [6.07, 6.45) is 3.46. The lowest BCUT2D eigenvalue weighted by Crippen LogP contribution is -2.43. The summed E-state index contributed by atoms with van der Waals surface area (Å²) in [7, 11) is 0. The van der Waals surface area contributed by atoms with Crippen LogP contribution in [-0.2, 0) is 11.2 Å². The molecule has 28 heavy (non-hydrogen) atoms. The molecule has 3 N–H and O–H groups in total. The van der Waals surface area contributed by atoms with Gasteiger partial charge in [-0.1, -0.05) is 39.0 Å². The van der Waals surface area contributed by atoms with Gasteiger partial charge in [0.1, 0.15) is 0 Å². The number of nitrogens with one attached hydrogen (secondary N) is 3. The molecule has 1 fully saturated rings. The van der Waals surface area contributed by atoms with E-state index in [0.29, 0.717) is 22.4 Å². The fourth-order valence-corrected chi connectivity index (χ4v) is 4.83. The number of carbonyl (C=O) groups excluding carboxylic acids is 2. The monoisotopic (exact) mass is 400 g/mol. The van der Waals surface area contributed by atoms with Crippen molar-refractivity contribution in [3.8, 4) is 0 Å². The van der Waals surface area contributed by atoms with Gasteiger partial charge in [-0.05, 0) is 42.7 Å². The van der Waals surface area contributed by atoms with Crippen molar-refractivity contribution in [3.05, 3.63) is 41.4 Å². The third kappa shape index (κ3) is 6.05. The van der Waals surface area contributed by atoms with Crippen molar-refractivity contribution in [2.45, 2.75) is 52.5 Å². The van der Waals surface area contributed by atoms with E-state index in [-0.39, 0.29) is 29.8 Å². The summed E-state index contributed by atoms with van der Waals surface area (Å²) in [4.78, 5) is 28.8. The van der Waals surface area contributed by atoms with Gasteiger partial charge in [0.15, 0.2) is 5.13 Å². The van der Waals surface area contributed by atoms with Gasteiger partial charge >= 0.3 is 6.03 Å². The zero-order valence-electron chi connectivity index (χ0n) is 16.6. The Labute approximate surface area is 170 Å². The largest absolute Gasteiger partial charge is 0.353 e. The Bertz CT molecular complexity index is 819. The molecule has 0 saturated heterocycles. The van der Waals surface area contributed by atoms with E-state index in [1.165, 1.54) is 17.8 Å². The zero-order chi connectivity index (χ0) is 20.1. The average molecular weight is 401 g/mol. The van der Waals surface area contributed by atoms with E-state index in [0.717, 1.165) is 12.8 Å². The molecule has 0 spiro atoms. The van der Waals surface area contributed by atoms with Gasteiger partial charge in [0.25, 0.3) is 0 Å². The second-order valence-electron chi connectivity index (χ2n) is 8.44. The number of benzene rings is 1. The molecule has 1 heterocycles. The number of hydrogen-bond acceptors (Lipinski definition) is 4. The number of urea groups is 1. The summed E-state index contributed by atoms with van der Waals surface area (Å²) in [5, 5.41) is 10.9. The smallest absolute Gasteiger partial charge is 0.325 e. The summed E-state index contributed by atoms with van der Waals surface area (Å²) in [6, 6.07) is 9.08. The number of carbonyl (C=O) groups is 2. The number of amides is 3. The predicted octanol–water partition coefficient (Wildman–Crippen LogP) is 4.66. The molecule has 3 amide bonds. The molecule has 1 saturated carbocycles. The van der Waals surface area contributed by atoms with E-state index >= 15 is 0 Å². The molecule has 1 aliphatic carbocycles. The summed E-state index contributed by atoms with van der Waals surface area (Å²) in [6.45, 7) is 6.78. The molecule has 1 aromatic carbocycles. The van der Waals surface area contributed by atoms with Crippen LogP contribution in [0.1, 0.15) is 45.7 Å². The van der Waals surface area contributed by atoms with Gasteiger partial charge in [0.05, 0.1) is 12.1 Å². The van der Waals surface area contributed by atoms with Crippen LogP contribution in [0.5, 0.6) is 0 Å². The lowest BCUT2D eigenvalue weighted by atomic mass is 9.70. The van der Waals surface area contributed by atoms with Crippen LogP contribution >= 0.6 is 11.3 Å². The van der Waals surface area contributed by atoms with Crippen LogP contribution < -0.4 is 16.0 Å². The lowest BCUT2D eigenvalue weighted by molar-refractivity contribution is -0.121. The van der Waals surface area contributed by atoms with Crippen LogP contribution in [0.4, 0.5) is 15.6 Å². The Kier molecular flexibility index (Phi) is 6.34. The molecule has 3 rings (SSSR count). The van der Waals surface area contributed by atoms with Gasteiger partial charge in [-0.25, -0.2) is 9.78 Å². The zero-order valence-corrected chi connectivity index (χ0v) is 17.4. The molecule has 0 aliphatic heterocycles. The number of nitrogens with zero attached hydrogens (tertiary/aromatic N) is 1. The van der Waals surface area contributed by atoms with Crippen molar-refractivity contribution in [1.82, 2.24) is 10.3 Å². The summed E-state index contributed by atoms with van der Waals surface area (Å²) < 4.78 is 0. The highest BCUT2D eigenvalue weighted by molar-refractivity contribution is 7.14. The molecule has 1 aliphatic rings. The van der Waals surface area contributed by atoms with Gasteiger partial charge in [0, 0.05) is 17.1 Å². The Morgan fingerprint density at radius 1 is 1.18 bits per heavy atom. The van der Waals surface area contributed by atoms with E-state index in [1.54, 1.807) is 0 Å². The van der Waals surface area contributed by atoms with E-state index in [1.807, 2.05) is 35.7 Å². The van der Waals surface area contributed by atoms with Crippen LogP contribution in [0.15, 0.2) is 35.7 Å². The molecule has 2 atom stereocenters. The molecule has 150 valence electrons. The first-order valence-electron chi connectivity index (χ1n) is 9.66. The fraction of sp³-hybridized carbons (Fsp3) is 0.476. The van der Waals surface area contributed by atoms with E-state index in [4.69, 9.17) is 0 Å². The van der Waals surface area contributed by atoms with Gasteiger partial charge in [-0.15, -0.1) is 11.3 Å². The Morgan fingerprint density at radius 3 is 2.64 bits per heavy atom. The van der Waals surface area contributed by atoms with E-state index < -0.39 is 0 Å². The highest BCUT2D eigenvalue weighted by Gasteiger charge is 2.32. The Morgan fingerprint density at radius 2 is 1.93 bits per heavy atom. The third-order valence-electron chi connectivity index (χ3n) is 4.90. The predicted molar refractivity (Wildman–Crippen MR) is 114 cm³/mol. The first kappa shape index (κ1) is 20.3. The van der Waals surface area contributed by atoms with Crippen molar-refractivity contribution in [3.63, 3.8) is 0 Å². The Hall–Kier alpha value is -2.41. The lowest BCUT2D eigenvalue weighted by Gasteiger charge is -2.39. The standard InChI is InChI=1S/C21H28N4O2S/c1-14-9-16(12-21(2,3)11-14)22-18(26)10-17-13-28-20(24-17)25-19(27)23-15-7-5-4-6-8-15/h4-8,13-14,16H,9-12H2,1-3H3,(H,22,26)(H2,23,24,25,27). The number of anilines is 2. The molecule has 7 heteroatoms. The minimum atomic E-state index is -0.352. The van der Waals surface area contributed by atoms with Crippen LogP contribution in [-0.4, -0.2) is 23.0 Å². The summed E-state index contributed by atoms with van der Waals surface area (Å²) in [5.74, 6) is 0.604. The van der Waals surface area contributed by atoms with E-state index in [9.17, 15) is 9.59 Å². The highest BCUT2D eigenvalue weighted by atomic mass is 32.1. The molecule has 2 aromatic rings. The molecular formula is C21H28N4O2S. The molecule has 1 aromatic heterocycles. The highest BCUT2D eigenvalue weighted by Crippen LogP contribution is 2.38. The topological polar surface area (TPSA) is 83.1 Å². The minimum absolute atomic E-state index is 0.0134. The number of rotatable bonds is 5. The molecule has 0 bridgehead atoms. The van der Waals surface area contributed by atoms with Gasteiger partial charge < -0.3 is 10.6 Å². The second-order valence-corrected chi connectivity index (χ2v) is 9.30. The molecule has 6 nitrogen and oxygen atoms in total.